The van der Waals surface area contributed by atoms with Crippen LogP contribution in [0.1, 0.15) is 41.3 Å². The molecule has 2 atom stereocenters. The molecular weight excluding hydrogens is 334 g/mol. The van der Waals surface area contributed by atoms with Crippen LogP contribution in [0.4, 0.5) is 5.69 Å². The summed E-state index contributed by atoms with van der Waals surface area (Å²) in [6, 6.07) is 16.8. The highest BCUT2D eigenvalue weighted by atomic mass is 16.1. The van der Waals surface area contributed by atoms with E-state index in [4.69, 9.17) is 0 Å². The lowest BCUT2D eigenvalue weighted by molar-refractivity contribution is 0.0926. The van der Waals surface area contributed by atoms with E-state index in [1.165, 1.54) is 11.1 Å². The van der Waals surface area contributed by atoms with Gasteiger partial charge in [0, 0.05) is 36.9 Å². The Bertz CT molecular complexity index is 789. The van der Waals surface area contributed by atoms with Gasteiger partial charge in [-0.1, -0.05) is 36.4 Å². The third-order valence-electron chi connectivity index (χ3n) is 5.96. The van der Waals surface area contributed by atoms with Crippen LogP contribution in [0, 0.1) is 5.92 Å². The maximum Gasteiger partial charge on any atom is 0.251 e. The van der Waals surface area contributed by atoms with Crippen LogP contribution < -0.4 is 10.6 Å². The molecule has 27 heavy (non-hydrogen) atoms. The smallest absolute Gasteiger partial charge is 0.251 e. The summed E-state index contributed by atoms with van der Waals surface area (Å²) in [5.74, 6) is 0.583. The van der Waals surface area contributed by atoms with Gasteiger partial charge in [-0.15, -0.1) is 0 Å². The minimum absolute atomic E-state index is 0.0737. The fourth-order valence-electron chi connectivity index (χ4n) is 4.38. The minimum Gasteiger partial charge on any atom is -0.385 e. The summed E-state index contributed by atoms with van der Waals surface area (Å²) >= 11 is 0. The molecule has 2 aromatic rings. The number of carbonyl (C=O) groups is 1. The van der Waals surface area contributed by atoms with E-state index < -0.39 is 0 Å². The predicted octanol–water partition coefficient (Wildman–Crippen LogP) is 3.69. The second-order valence-electron chi connectivity index (χ2n) is 7.89. The summed E-state index contributed by atoms with van der Waals surface area (Å²) in [4.78, 5) is 15.4. The number of amides is 1. The molecule has 0 bridgehead atoms. The van der Waals surface area contributed by atoms with Gasteiger partial charge in [0.25, 0.3) is 5.91 Å². The monoisotopic (exact) mass is 363 g/mol. The Kier molecular flexibility index (Phi) is 5.44. The molecule has 1 amide bonds. The molecular formula is C23H29N3O. The normalized spacial score (nSPS) is 20.6. The van der Waals surface area contributed by atoms with Gasteiger partial charge in [-0.2, -0.15) is 0 Å². The first-order valence-corrected chi connectivity index (χ1v) is 10.1. The van der Waals surface area contributed by atoms with E-state index >= 15 is 0 Å². The number of rotatable bonds is 5. The lowest BCUT2D eigenvalue weighted by Gasteiger charge is -2.24. The van der Waals surface area contributed by atoms with E-state index in [0.717, 1.165) is 56.7 Å². The van der Waals surface area contributed by atoms with Crippen LogP contribution >= 0.6 is 0 Å². The highest BCUT2D eigenvalue weighted by Crippen LogP contribution is 2.26. The summed E-state index contributed by atoms with van der Waals surface area (Å²) in [5, 5.41) is 6.69. The fourth-order valence-corrected chi connectivity index (χ4v) is 4.38. The first kappa shape index (κ1) is 18.1. The van der Waals surface area contributed by atoms with Crippen molar-refractivity contribution in [3.8, 4) is 0 Å². The van der Waals surface area contributed by atoms with Crippen molar-refractivity contribution in [1.82, 2.24) is 10.2 Å². The standard InChI is InChI=1S/C23H29N3O/c1-17(19-12-14-26(16-19)15-18-7-3-2-4-8-18)25-23(27)21-9-5-11-22-20(21)10-6-13-24-22/h2-5,7-9,11,17,19,24H,6,10,12-16H2,1H3,(H,25,27). The Balaban J connectivity index is 1.35. The van der Waals surface area contributed by atoms with Crippen LogP contribution in [0.15, 0.2) is 48.5 Å². The topological polar surface area (TPSA) is 44.4 Å². The maximum atomic E-state index is 12.9. The van der Waals surface area contributed by atoms with Crippen LogP contribution in [0.5, 0.6) is 0 Å². The second-order valence-corrected chi connectivity index (χ2v) is 7.89. The third-order valence-corrected chi connectivity index (χ3v) is 5.96. The number of benzene rings is 2. The summed E-state index contributed by atoms with van der Waals surface area (Å²) in [6.07, 6.45) is 3.21. The van der Waals surface area contributed by atoms with Crippen molar-refractivity contribution in [2.24, 2.45) is 5.92 Å². The average Bonchev–Trinajstić information content (AvgIpc) is 3.17. The zero-order chi connectivity index (χ0) is 18.6. The summed E-state index contributed by atoms with van der Waals surface area (Å²) in [7, 11) is 0. The number of hydrogen-bond acceptors (Lipinski definition) is 3. The van der Waals surface area contributed by atoms with Crippen LogP contribution in [0.3, 0.4) is 0 Å². The summed E-state index contributed by atoms with van der Waals surface area (Å²) in [6.45, 7) is 6.29. The largest absolute Gasteiger partial charge is 0.385 e. The zero-order valence-electron chi connectivity index (χ0n) is 16.1. The molecule has 2 aliphatic heterocycles. The van der Waals surface area contributed by atoms with E-state index in [0.29, 0.717) is 5.92 Å². The molecule has 4 heteroatoms. The maximum absolute atomic E-state index is 12.9. The van der Waals surface area contributed by atoms with Gasteiger partial charge < -0.3 is 10.6 Å². The van der Waals surface area contributed by atoms with Crippen molar-refractivity contribution < 1.29 is 4.79 Å². The molecule has 4 nitrogen and oxygen atoms in total. The second kappa shape index (κ2) is 8.13. The van der Waals surface area contributed by atoms with Crippen LogP contribution in [0.25, 0.3) is 0 Å². The first-order chi connectivity index (χ1) is 13.2. The average molecular weight is 364 g/mol. The van der Waals surface area contributed by atoms with E-state index in [9.17, 15) is 4.79 Å². The fraction of sp³-hybridized carbons (Fsp3) is 0.435. The van der Waals surface area contributed by atoms with Crippen molar-refractivity contribution in [1.29, 1.82) is 0 Å². The Hall–Kier alpha value is -2.33. The Morgan fingerprint density at radius 2 is 2.07 bits per heavy atom. The van der Waals surface area contributed by atoms with Gasteiger partial charge in [-0.25, -0.2) is 0 Å². The molecule has 0 radical (unpaired) electrons. The molecule has 0 saturated carbocycles. The number of nitrogens with zero attached hydrogens (tertiary/aromatic N) is 1. The quantitative estimate of drug-likeness (QED) is 0.852. The molecule has 1 fully saturated rings. The van der Waals surface area contributed by atoms with Gasteiger partial charge in [-0.3, -0.25) is 9.69 Å². The summed E-state index contributed by atoms with van der Waals surface area (Å²) in [5.41, 5.74) is 4.49. The van der Waals surface area contributed by atoms with Gasteiger partial charge in [0.2, 0.25) is 0 Å². The van der Waals surface area contributed by atoms with Crippen molar-refractivity contribution in [2.75, 3.05) is 25.0 Å². The van der Waals surface area contributed by atoms with Crippen molar-refractivity contribution >= 4 is 11.6 Å². The summed E-state index contributed by atoms with van der Waals surface area (Å²) < 4.78 is 0. The molecule has 2 aliphatic rings. The predicted molar refractivity (Wildman–Crippen MR) is 110 cm³/mol. The molecule has 142 valence electrons. The number of hydrogen-bond donors (Lipinski definition) is 2. The van der Waals surface area contributed by atoms with Gasteiger partial charge in [0.1, 0.15) is 0 Å². The number of anilines is 1. The molecule has 0 aliphatic carbocycles. The third kappa shape index (κ3) is 4.16. The van der Waals surface area contributed by atoms with Gasteiger partial charge >= 0.3 is 0 Å². The zero-order valence-corrected chi connectivity index (χ0v) is 16.1. The van der Waals surface area contributed by atoms with Crippen molar-refractivity contribution in [3.05, 3.63) is 65.2 Å². The number of carbonyl (C=O) groups excluding carboxylic acids is 1. The molecule has 0 aromatic heterocycles. The van der Waals surface area contributed by atoms with E-state index in [1.54, 1.807) is 0 Å². The van der Waals surface area contributed by atoms with E-state index in [-0.39, 0.29) is 11.9 Å². The van der Waals surface area contributed by atoms with Crippen molar-refractivity contribution in [2.45, 2.75) is 38.8 Å². The van der Waals surface area contributed by atoms with Crippen molar-refractivity contribution in [3.63, 3.8) is 0 Å². The number of nitrogens with one attached hydrogen (secondary N) is 2. The van der Waals surface area contributed by atoms with Gasteiger partial charge in [0.15, 0.2) is 0 Å². The molecule has 4 rings (SSSR count). The minimum atomic E-state index is 0.0737. The molecule has 2 aromatic carbocycles. The highest BCUT2D eigenvalue weighted by molar-refractivity contribution is 5.97. The molecule has 2 N–H and O–H groups in total. The number of fused-ring (bicyclic) bond motifs is 1. The molecule has 2 unspecified atom stereocenters. The molecule has 1 saturated heterocycles. The molecule has 0 spiro atoms. The number of likely N-dealkylation sites (tertiary alicyclic amines) is 1. The Morgan fingerprint density at radius 1 is 1.22 bits per heavy atom. The van der Waals surface area contributed by atoms with Gasteiger partial charge in [0.05, 0.1) is 0 Å². The SMILES string of the molecule is CC(NC(=O)c1cccc2c1CCCN2)C1CCN(Cc2ccccc2)C1. The molecule has 2 heterocycles. The highest BCUT2D eigenvalue weighted by Gasteiger charge is 2.28. The Labute approximate surface area is 162 Å². The van der Waals surface area contributed by atoms with E-state index in [1.807, 2.05) is 12.1 Å². The Morgan fingerprint density at radius 3 is 2.93 bits per heavy atom. The lowest BCUT2D eigenvalue weighted by atomic mass is 9.96. The van der Waals surface area contributed by atoms with E-state index in [2.05, 4.69) is 58.9 Å². The van der Waals surface area contributed by atoms with Gasteiger partial charge in [-0.05, 0) is 61.9 Å². The first-order valence-electron chi connectivity index (χ1n) is 10.1. The van der Waals surface area contributed by atoms with Crippen LogP contribution in [-0.2, 0) is 13.0 Å². The lowest BCUT2D eigenvalue weighted by Crippen LogP contribution is -2.39. The van der Waals surface area contributed by atoms with Crippen LogP contribution in [-0.4, -0.2) is 36.5 Å². The van der Waals surface area contributed by atoms with Crippen LogP contribution in [0.2, 0.25) is 0 Å².